The Hall–Kier alpha value is -2.81. The standard InChI is InChI=1S/C19H19ClF3N5O/c1-11-17(25-18(29)13(3)27-10-16(20)8-24-27)12(2)28(26-11)9-14-5-4-6-15(7-14)19(21,22)23/h4-8,10,13H,9H2,1-3H3,(H,25,29). The Morgan fingerprint density at radius 1 is 1.31 bits per heavy atom. The quantitative estimate of drug-likeness (QED) is 0.649. The minimum atomic E-state index is -4.41. The average Bonchev–Trinajstić information content (AvgIpc) is 3.19. The van der Waals surface area contributed by atoms with Crippen molar-refractivity contribution in [3.63, 3.8) is 0 Å². The third kappa shape index (κ3) is 4.61. The molecule has 1 atom stereocenters. The van der Waals surface area contributed by atoms with Crippen molar-refractivity contribution in [2.45, 2.75) is 39.5 Å². The molecule has 29 heavy (non-hydrogen) atoms. The molecule has 1 aromatic carbocycles. The summed E-state index contributed by atoms with van der Waals surface area (Å²) in [5.74, 6) is -0.311. The van der Waals surface area contributed by atoms with Crippen LogP contribution in [0.3, 0.4) is 0 Å². The summed E-state index contributed by atoms with van der Waals surface area (Å²) in [6.07, 6.45) is -1.42. The molecule has 6 nitrogen and oxygen atoms in total. The van der Waals surface area contributed by atoms with Gasteiger partial charge in [0, 0.05) is 6.20 Å². The lowest BCUT2D eigenvalue weighted by Gasteiger charge is -2.13. The number of carbonyl (C=O) groups is 1. The molecule has 0 aliphatic rings. The second-order valence-electron chi connectivity index (χ2n) is 6.71. The molecule has 1 N–H and O–H groups in total. The molecule has 3 aromatic rings. The predicted octanol–water partition coefficient (Wildman–Crippen LogP) is 4.62. The summed E-state index contributed by atoms with van der Waals surface area (Å²) in [7, 11) is 0. The van der Waals surface area contributed by atoms with Crippen LogP contribution in [0, 0.1) is 13.8 Å². The molecule has 1 amide bonds. The number of halogens is 4. The molecule has 0 saturated heterocycles. The highest BCUT2D eigenvalue weighted by Crippen LogP contribution is 2.30. The molecule has 0 aliphatic carbocycles. The van der Waals surface area contributed by atoms with Crippen LogP contribution in [-0.4, -0.2) is 25.5 Å². The van der Waals surface area contributed by atoms with Crippen molar-refractivity contribution in [2.24, 2.45) is 0 Å². The van der Waals surface area contributed by atoms with Gasteiger partial charge in [0.1, 0.15) is 6.04 Å². The zero-order valence-electron chi connectivity index (χ0n) is 16.0. The lowest BCUT2D eigenvalue weighted by Crippen LogP contribution is -2.24. The first-order valence-corrected chi connectivity index (χ1v) is 9.14. The molecular weight excluding hydrogens is 407 g/mol. The van der Waals surface area contributed by atoms with Crippen LogP contribution >= 0.6 is 11.6 Å². The van der Waals surface area contributed by atoms with Crippen LogP contribution < -0.4 is 5.32 Å². The Bertz CT molecular complexity index is 1040. The molecule has 2 aromatic heterocycles. The van der Waals surface area contributed by atoms with E-state index in [4.69, 9.17) is 11.6 Å². The highest BCUT2D eigenvalue weighted by Gasteiger charge is 2.30. The van der Waals surface area contributed by atoms with Crippen molar-refractivity contribution in [1.82, 2.24) is 19.6 Å². The lowest BCUT2D eigenvalue weighted by atomic mass is 10.1. The highest BCUT2D eigenvalue weighted by atomic mass is 35.5. The maximum absolute atomic E-state index is 12.9. The van der Waals surface area contributed by atoms with Gasteiger partial charge in [0.15, 0.2) is 0 Å². The van der Waals surface area contributed by atoms with Gasteiger partial charge in [0.2, 0.25) is 5.91 Å². The fraction of sp³-hybridized carbons (Fsp3) is 0.316. The Morgan fingerprint density at radius 3 is 2.66 bits per heavy atom. The summed E-state index contributed by atoms with van der Waals surface area (Å²) >= 11 is 5.84. The van der Waals surface area contributed by atoms with Gasteiger partial charge in [-0.15, -0.1) is 0 Å². The number of rotatable bonds is 5. The first-order valence-electron chi connectivity index (χ1n) is 8.77. The maximum atomic E-state index is 12.9. The lowest BCUT2D eigenvalue weighted by molar-refractivity contribution is -0.137. The Kier molecular flexibility index (Phi) is 5.70. The van der Waals surface area contributed by atoms with Crippen molar-refractivity contribution in [3.05, 3.63) is 64.2 Å². The molecule has 0 spiro atoms. The number of anilines is 1. The maximum Gasteiger partial charge on any atom is 0.416 e. The first-order chi connectivity index (χ1) is 13.6. The number of hydrogen-bond acceptors (Lipinski definition) is 3. The van der Waals surface area contributed by atoms with Crippen LogP contribution in [0.5, 0.6) is 0 Å². The van der Waals surface area contributed by atoms with E-state index in [0.29, 0.717) is 27.7 Å². The number of nitrogens with one attached hydrogen (secondary N) is 1. The molecule has 0 aliphatic heterocycles. The number of alkyl halides is 3. The van der Waals surface area contributed by atoms with E-state index in [1.54, 1.807) is 37.7 Å². The predicted molar refractivity (Wildman–Crippen MR) is 103 cm³/mol. The molecule has 0 bridgehead atoms. The van der Waals surface area contributed by atoms with E-state index >= 15 is 0 Å². The average molecular weight is 426 g/mol. The SMILES string of the molecule is Cc1nn(Cc2cccc(C(F)(F)F)c2)c(C)c1NC(=O)C(C)n1cc(Cl)cn1. The summed E-state index contributed by atoms with van der Waals surface area (Å²) in [4.78, 5) is 12.6. The van der Waals surface area contributed by atoms with E-state index in [9.17, 15) is 18.0 Å². The smallest absolute Gasteiger partial charge is 0.321 e. The second-order valence-corrected chi connectivity index (χ2v) is 7.14. The highest BCUT2D eigenvalue weighted by molar-refractivity contribution is 6.30. The van der Waals surface area contributed by atoms with Crippen LogP contribution in [0.1, 0.15) is 35.5 Å². The van der Waals surface area contributed by atoms with E-state index in [1.807, 2.05) is 0 Å². The number of amides is 1. The summed E-state index contributed by atoms with van der Waals surface area (Å²) in [6.45, 7) is 5.30. The topological polar surface area (TPSA) is 64.7 Å². The molecule has 0 saturated carbocycles. The van der Waals surface area contributed by atoms with Gasteiger partial charge in [-0.3, -0.25) is 14.2 Å². The number of aromatic nitrogens is 4. The molecule has 3 rings (SSSR count). The van der Waals surface area contributed by atoms with E-state index in [1.165, 1.54) is 16.9 Å². The second kappa shape index (κ2) is 7.90. The van der Waals surface area contributed by atoms with Gasteiger partial charge in [-0.2, -0.15) is 23.4 Å². The Morgan fingerprint density at radius 2 is 2.03 bits per heavy atom. The number of carbonyl (C=O) groups excluding carboxylic acids is 1. The van der Waals surface area contributed by atoms with Crippen molar-refractivity contribution < 1.29 is 18.0 Å². The number of benzene rings is 1. The van der Waals surface area contributed by atoms with Gasteiger partial charge in [-0.25, -0.2) is 0 Å². The van der Waals surface area contributed by atoms with Gasteiger partial charge in [0.25, 0.3) is 0 Å². The van der Waals surface area contributed by atoms with Crippen LogP contribution in [-0.2, 0) is 17.5 Å². The summed E-state index contributed by atoms with van der Waals surface area (Å²) in [6, 6.07) is 4.49. The molecule has 0 radical (unpaired) electrons. The minimum Gasteiger partial charge on any atom is -0.321 e. The Labute approximate surface area is 170 Å². The first kappa shape index (κ1) is 20.9. The summed E-state index contributed by atoms with van der Waals surface area (Å²) < 4.78 is 41.8. The third-order valence-corrected chi connectivity index (χ3v) is 4.76. The van der Waals surface area contributed by atoms with Crippen molar-refractivity contribution in [3.8, 4) is 0 Å². The normalized spacial score (nSPS) is 12.8. The number of aryl methyl sites for hydroxylation is 1. The largest absolute Gasteiger partial charge is 0.416 e. The van der Waals surface area contributed by atoms with Crippen LogP contribution in [0.2, 0.25) is 5.02 Å². The van der Waals surface area contributed by atoms with Crippen molar-refractivity contribution in [1.29, 1.82) is 0 Å². The van der Waals surface area contributed by atoms with Crippen molar-refractivity contribution >= 4 is 23.2 Å². The minimum absolute atomic E-state index is 0.150. The molecule has 0 fully saturated rings. The third-order valence-electron chi connectivity index (χ3n) is 4.56. The van der Waals surface area contributed by atoms with Gasteiger partial charge >= 0.3 is 6.18 Å². The van der Waals surface area contributed by atoms with E-state index in [0.717, 1.165) is 12.1 Å². The fourth-order valence-corrected chi connectivity index (χ4v) is 3.07. The van der Waals surface area contributed by atoms with E-state index in [2.05, 4.69) is 15.5 Å². The molecular formula is C19H19ClF3N5O. The van der Waals surface area contributed by atoms with Gasteiger partial charge in [0.05, 0.1) is 40.4 Å². The summed E-state index contributed by atoms with van der Waals surface area (Å²) in [5.41, 5.74) is 1.47. The van der Waals surface area contributed by atoms with Gasteiger partial charge < -0.3 is 5.32 Å². The van der Waals surface area contributed by atoms with E-state index < -0.39 is 17.8 Å². The molecule has 10 heteroatoms. The zero-order chi connectivity index (χ0) is 21.3. The van der Waals surface area contributed by atoms with Crippen LogP contribution in [0.15, 0.2) is 36.7 Å². The van der Waals surface area contributed by atoms with Gasteiger partial charge in [-0.1, -0.05) is 23.7 Å². The van der Waals surface area contributed by atoms with Gasteiger partial charge in [-0.05, 0) is 38.5 Å². The zero-order valence-corrected chi connectivity index (χ0v) is 16.7. The molecule has 2 heterocycles. The number of nitrogens with zero attached hydrogens (tertiary/aromatic N) is 4. The Balaban J connectivity index is 1.79. The monoisotopic (exact) mass is 425 g/mol. The van der Waals surface area contributed by atoms with Crippen molar-refractivity contribution in [2.75, 3.05) is 5.32 Å². The fourth-order valence-electron chi connectivity index (χ4n) is 2.93. The van der Waals surface area contributed by atoms with E-state index in [-0.39, 0.29) is 12.5 Å². The van der Waals surface area contributed by atoms with Crippen LogP contribution in [0.25, 0.3) is 0 Å². The summed E-state index contributed by atoms with van der Waals surface area (Å²) in [5, 5.41) is 11.6. The molecule has 154 valence electrons. The number of hydrogen-bond donors (Lipinski definition) is 1. The molecule has 1 unspecified atom stereocenters. The van der Waals surface area contributed by atoms with Crippen LogP contribution in [0.4, 0.5) is 18.9 Å².